The van der Waals surface area contributed by atoms with Crippen LogP contribution in [-0.2, 0) is 10.0 Å². The monoisotopic (exact) mass is 405 g/mol. The van der Waals surface area contributed by atoms with Gasteiger partial charge >= 0.3 is 0 Å². The molecule has 1 fully saturated rings. The van der Waals surface area contributed by atoms with Crippen LogP contribution in [0.3, 0.4) is 0 Å². The molecule has 2 rings (SSSR count). The highest BCUT2D eigenvalue weighted by molar-refractivity contribution is 7.89. The highest BCUT2D eigenvalue weighted by atomic mass is 35.5. The lowest BCUT2D eigenvalue weighted by Gasteiger charge is -2.18. The van der Waals surface area contributed by atoms with Gasteiger partial charge in [-0.15, -0.1) is 12.4 Å². The smallest absolute Gasteiger partial charge is 0.251 e. The Balaban J connectivity index is 0.00000338. The third-order valence-electron chi connectivity index (χ3n) is 4.23. The summed E-state index contributed by atoms with van der Waals surface area (Å²) in [5.41, 5.74) is 0.308. The SMILES string of the molecule is CCN[C@H](C)CNC(=O)c1ccc(OC)c(S(=O)(=O)N2CCCC2)c1.Cl. The molecule has 1 aromatic rings. The molecule has 2 N–H and O–H groups in total. The third-order valence-corrected chi connectivity index (χ3v) is 6.15. The van der Waals surface area contributed by atoms with Crippen molar-refractivity contribution in [3.05, 3.63) is 23.8 Å². The number of nitrogens with zero attached hydrogens (tertiary/aromatic N) is 1. The Labute approximate surface area is 161 Å². The minimum Gasteiger partial charge on any atom is -0.495 e. The number of nitrogens with one attached hydrogen (secondary N) is 2. The Morgan fingerprint density at radius 2 is 1.96 bits per heavy atom. The van der Waals surface area contributed by atoms with E-state index in [0.29, 0.717) is 25.2 Å². The molecule has 1 amide bonds. The van der Waals surface area contributed by atoms with Crippen molar-refractivity contribution in [3.63, 3.8) is 0 Å². The van der Waals surface area contributed by atoms with E-state index in [0.717, 1.165) is 19.4 Å². The molecule has 1 aliphatic heterocycles. The van der Waals surface area contributed by atoms with Crippen molar-refractivity contribution in [2.75, 3.05) is 33.3 Å². The topological polar surface area (TPSA) is 87.7 Å². The molecule has 148 valence electrons. The van der Waals surface area contributed by atoms with Crippen molar-refractivity contribution >= 4 is 28.3 Å². The molecule has 0 aromatic heterocycles. The molecule has 0 bridgehead atoms. The van der Waals surface area contributed by atoms with Gasteiger partial charge in [-0.2, -0.15) is 4.31 Å². The first-order chi connectivity index (χ1) is 11.9. The number of carbonyl (C=O) groups is 1. The molecule has 1 aromatic carbocycles. The van der Waals surface area contributed by atoms with E-state index in [9.17, 15) is 13.2 Å². The lowest BCUT2D eigenvalue weighted by Crippen LogP contribution is -2.38. The maximum atomic E-state index is 12.8. The molecule has 0 spiro atoms. The summed E-state index contributed by atoms with van der Waals surface area (Å²) in [4.78, 5) is 12.4. The number of hydrogen-bond donors (Lipinski definition) is 2. The zero-order valence-electron chi connectivity index (χ0n) is 15.4. The predicted octanol–water partition coefficient (Wildman–Crippen LogP) is 1.63. The van der Waals surface area contributed by atoms with Crippen LogP contribution in [0.5, 0.6) is 5.75 Å². The zero-order valence-corrected chi connectivity index (χ0v) is 17.1. The fourth-order valence-corrected chi connectivity index (χ4v) is 4.55. The molecule has 1 aliphatic rings. The third kappa shape index (κ3) is 5.33. The summed E-state index contributed by atoms with van der Waals surface area (Å²) in [5.74, 6) is -0.0465. The van der Waals surface area contributed by atoms with Crippen LogP contribution in [0.1, 0.15) is 37.0 Å². The average Bonchev–Trinajstić information content (AvgIpc) is 3.15. The number of carbonyl (C=O) groups excluding carboxylic acids is 1. The van der Waals surface area contributed by atoms with Crippen LogP contribution in [0.2, 0.25) is 0 Å². The van der Waals surface area contributed by atoms with Gasteiger partial charge in [0.15, 0.2) is 0 Å². The van der Waals surface area contributed by atoms with Crippen molar-refractivity contribution in [3.8, 4) is 5.75 Å². The Bertz CT molecular complexity index is 706. The van der Waals surface area contributed by atoms with Crippen LogP contribution in [-0.4, -0.2) is 58.0 Å². The standard InChI is InChI=1S/C17H27N3O4S.ClH/c1-4-18-13(2)12-19-17(21)14-7-8-15(24-3)16(11-14)25(22,23)20-9-5-6-10-20;/h7-8,11,13,18H,4-6,9-10,12H2,1-3H3,(H,19,21);1H/t13-;/m1./s1. The second-order valence-corrected chi connectivity index (χ2v) is 8.05. The van der Waals surface area contributed by atoms with E-state index in [2.05, 4.69) is 10.6 Å². The molecule has 0 aliphatic carbocycles. The molecule has 1 saturated heterocycles. The first kappa shape index (κ1) is 22.7. The Kier molecular flexibility index (Phi) is 8.82. The highest BCUT2D eigenvalue weighted by Crippen LogP contribution is 2.29. The highest BCUT2D eigenvalue weighted by Gasteiger charge is 2.30. The van der Waals surface area contributed by atoms with Crippen LogP contribution in [0.15, 0.2) is 23.1 Å². The number of sulfonamides is 1. The van der Waals surface area contributed by atoms with E-state index in [1.807, 2.05) is 13.8 Å². The summed E-state index contributed by atoms with van der Waals surface area (Å²) in [5, 5.41) is 6.02. The number of rotatable bonds is 8. The van der Waals surface area contributed by atoms with Gasteiger partial charge < -0.3 is 15.4 Å². The van der Waals surface area contributed by atoms with Crippen LogP contribution in [0, 0.1) is 0 Å². The number of hydrogen-bond acceptors (Lipinski definition) is 5. The van der Waals surface area contributed by atoms with Crippen molar-refractivity contribution in [2.45, 2.75) is 37.6 Å². The van der Waals surface area contributed by atoms with Gasteiger partial charge in [-0.25, -0.2) is 8.42 Å². The number of methoxy groups -OCH3 is 1. The summed E-state index contributed by atoms with van der Waals surface area (Å²) in [6, 6.07) is 4.65. The lowest BCUT2D eigenvalue weighted by atomic mass is 10.2. The summed E-state index contributed by atoms with van der Waals surface area (Å²) >= 11 is 0. The number of ether oxygens (including phenoxy) is 1. The molecule has 1 atom stereocenters. The number of likely N-dealkylation sites (N-methyl/N-ethyl adjacent to an activating group) is 1. The second-order valence-electron chi connectivity index (χ2n) is 6.15. The van der Waals surface area contributed by atoms with Gasteiger partial charge in [0.2, 0.25) is 10.0 Å². The Morgan fingerprint density at radius 3 is 2.54 bits per heavy atom. The van der Waals surface area contributed by atoms with E-state index in [4.69, 9.17) is 4.74 Å². The van der Waals surface area contributed by atoms with Crippen LogP contribution in [0.25, 0.3) is 0 Å². The second kappa shape index (κ2) is 10.1. The molecule has 7 nitrogen and oxygen atoms in total. The average molecular weight is 406 g/mol. The predicted molar refractivity (Wildman–Crippen MR) is 104 cm³/mol. The molecule has 0 unspecified atom stereocenters. The molecule has 0 radical (unpaired) electrons. The summed E-state index contributed by atoms with van der Waals surface area (Å²) < 4.78 is 32.3. The van der Waals surface area contributed by atoms with Crippen LogP contribution in [0.4, 0.5) is 0 Å². The van der Waals surface area contributed by atoms with Crippen molar-refractivity contribution in [1.82, 2.24) is 14.9 Å². The van der Waals surface area contributed by atoms with Crippen LogP contribution >= 0.6 is 12.4 Å². The van der Waals surface area contributed by atoms with E-state index < -0.39 is 10.0 Å². The first-order valence-electron chi connectivity index (χ1n) is 8.60. The van der Waals surface area contributed by atoms with Gasteiger partial charge in [0.25, 0.3) is 5.91 Å². The number of amides is 1. The fourth-order valence-electron chi connectivity index (χ4n) is 2.86. The molecule has 9 heteroatoms. The molecular formula is C17H28ClN3O4S. The van der Waals surface area contributed by atoms with Crippen molar-refractivity contribution in [2.24, 2.45) is 0 Å². The van der Waals surface area contributed by atoms with E-state index in [1.54, 1.807) is 6.07 Å². The lowest BCUT2D eigenvalue weighted by molar-refractivity contribution is 0.0950. The molecule has 1 heterocycles. The summed E-state index contributed by atoms with van der Waals surface area (Å²) in [6.45, 7) is 6.26. The Hall–Kier alpha value is -1.35. The van der Waals surface area contributed by atoms with Gasteiger partial charge in [0.1, 0.15) is 10.6 Å². The van der Waals surface area contributed by atoms with Gasteiger partial charge in [-0.05, 0) is 44.5 Å². The zero-order chi connectivity index (χ0) is 18.4. The van der Waals surface area contributed by atoms with E-state index in [1.165, 1.54) is 23.5 Å². The van der Waals surface area contributed by atoms with Gasteiger partial charge in [0.05, 0.1) is 7.11 Å². The van der Waals surface area contributed by atoms with Gasteiger partial charge in [-0.1, -0.05) is 6.92 Å². The maximum Gasteiger partial charge on any atom is 0.251 e. The van der Waals surface area contributed by atoms with E-state index >= 15 is 0 Å². The fraction of sp³-hybridized carbons (Fsp3) is 0.588. The summed E-state index contributed by atoms with van der Waals surface area (Å²) in [7, 11) is -2.23. The number of benzene rings is 1. The largest absolute Gasteiger partial charge is 0.495 e. The van der Waals surface area contributed by atoms with Gasteiger partial charge in [0, 0.05) is 31.2 Å². The normalized spacial score (nSPS) is 16.0. The minimum atomic E-state index is -3.66. The maximum absolute atomic E-state index is 12.8. The summed E-state index contributed by atoms with van der Waals surface area (Å²) in [6.07, 6.45) is 1.70. The van der Waals surface area contributed by atoms with Crippen molar-refractivity contribution < 1.29 is 17.9 Å². The quantitative estimate of drug-likeness (QED) is 0.686. The van der Waals surface area contributed by atoms with E-state index in [-0.39, 0.29) is 35.0 Å². The first-order valence-corrected chi connectivity index (χ1v) is 10.0. The van der Waals surface area contributed by atoms with Crippen molar-refractivity contribution in [1.29, 1.82) is 0 Å². The molecular weight excluding hydrogens is 378 g/mol. The van der Waals surface area contributed by atoms with Gasteiger partial charge in [-0.3, -0.25) is 4.79 Å². The number of halogens is 1. The minimum absolute atomic E-state index is 0. The molecule has 26 heavy (non-hydrogen) atoms. The Morgan fingerprint density at radius 1 is 1.31 bits per heavy atom. The van der Waals surface area contributed by atoms with Crippen LogP contribution < -0.4 is 15.4 Å². The molecule has 0 saturated carbocycles.